The highest BCUT2D eigenvalue weighted by Crippen LogP contribution is 2.43. The molecule has 2 aliphatic heterocycles. The van der Waals surface area contributed by atoms with Crippen LogP contribution in [0.15, 0.2) is 18.2 Å². The van der Waals surface area contributed by atoms with Gasteiger partial charge in [-0.25, -0.2) is 0 Å². The molecule has 3 nitrogen and oxygen atoms in total. The van der Waals surface area contributed by atoms with Gasteiger partial charge in [0.25, 0.3) is 0 Å². The maximum atomic E-state index is 5.78. The van der Waals surface area contributed by atoms with Crippen molar-refractivity contribution in [1.29, 1.82) is 0 Å². The van der Waals surface area contributed by atoms with Gasteiger partial charge in [-0.15, -0.1) is 0 Å². The van der Waals surface area contributed by atoms with Crippen LogP contribution < -0.4 is 9.47 Å². The molecule has 0 aliphatic carbocycles. The zero-order chi connectivity index (χ0) is 11.8. The molecule has 1 unspecified atom stereocenters. The summed E-state index contributed by atoms with van der Waals surface area (Å²) in [4.78, 5) is 2.39. The Morgan fingerprint density at radius 2 is 1.94 bits per heavy atom. The number of rotatable bonds is 1. The van der Waals surface area contributed by atoms with Crippen LogP contribution in [0.1, 0.15) is 31.2 Å². The van der Waals surface area contributed by atoms with Crippen LogP contribution in [0.2, 0.25) is 0 Å². The number of likely N-dealkylation sites (tertiary alicyclic amines) is 1. The average molecular weight is 233 g/mol. The quantitative estimate of drug-likeness (QED) is 0.744. The zero-order valence-corrected chi connectivity index (χ0v) is 10.5. The Labute approximate surface area is 102 Å². The van der Waals surface area contributed by atoms with Crippen molar-refractivity contribution < 1.29 is 9.47 Å². The standard InChI is InChI=1S/C14H19NO2/c1-10-16-13-5-3-4-12(14(13)17-10)11-6-8-15(2)9-7-11/h3-5,10-11H,6-9H2,1-2H3. The highest BCUT2D eigenvalue weighted by molar-refractivity contribution is 5.50. The van der Waals surface area contributed by atoms with E-state index in [0.29, 0.717) is 5.92 Å². The fourth-order valence-electron chi connectivity index (χ4n) is 2.76. The molecule has 1 fully saturated rings. The third-order valence-corrected chi connectivity index (χ3v) is 3.74. The Morgan fingerprint density at radius 3 is 2.71 bits per heavy atom. The number of piperidine rings is 1. The molecule has 0 bridgehead atoms. The lowest BCUT2D eigenvalue weighted by Gasteiger charge is -2.29. The van der Waals surface area contributed by atoms with Crippen molar-refractivity contribution in [2.45, 2.75) is 32.0 Å². The van der Waals surface area contributed by atoms with Crippen LogP contribution in [0.5, 0.6) is 11.5 Å². The second-order valence-electron chi connectivity index (χ2n) is 5.06. The minimum absolute atomic E-state index is 0.141. The number of ether oxygens (including phenoxy) is 2. The SMILES string of the molecule is CC1Oc2cccc(C3CCN(C)CC3)c2O1. The molecule has 1 saturated heterocycles. The van der Waals surface area contributed by atoms with E-state index < -0.39 is 0 Å². The summed E-state index contributed by atoms with van der Waals surface area (Å²) in [7, 11) is 2.19. The molecule has 3 heteroatoms. The first kappa shape index (κ1) is 10.9. The van der Waals surface area contributed by atoms with Crippen molar-refractivity contribution in [3.63, 3.8) is 0 Å². The van der Waals surface area contributed by atoms with Crippen molar-refractivity contribution >= 4 is 0 Å². The van der Waals surface area contributed by atoms with E-state index in [1.54, 1.807) is 0 Å². The lowest BCUT2D eigenvalue weighted by atomic mass is 9.89. The molecular formula is C14H19NO2. The van der Waals surface area contributed by atoms with E-state index in [1.165, 1.54) is 31.5 Å². The summed E-state index contributed by atoms with van der Waals surface area (Å²) in [6.45, 7) is 4.29. The van der Waals surface area contributed by atoms with E-state index >= 15 is 0 Å². The summed E-state index contributed by atoms with van der Waals surface area (Å²) >= 11 is 0. The Kier molecular flexibility index (Phi) is 2.71. The van der Waals surface area contributed by atoms with Crippen LogP contribution in [-0.4, -0.2) is 31.3 Å². The largest absolute Gasteiger partial charge is 0.451 e. The molecule has 2 aliphatic rings. The van der Waals surface area contributed by atoms with Crippen LogP contribution >= 0.6 is 0 Å². The summed E-state index contributed by atoms with van der Waals surface area (Å²) in [5.41, 5.74) is 1.33. The predicted octanol–water partition coefficient (Wildman–Crippen LogP) is 2.61. The van der Waals surface area contributed by atoms with Crippen LogP contribution in [0.4, 0.5) is 0 Å². The van der Waals surface area contributed by atoms with Gasteiger partial charge in [-0.3, -0.25) is 0 Å². The van der Waals surface area contributed by atoms with Gasteiger partial charge in [0.1, 0.15) is 0 Å². The first-order chi connectivity index (χ1) is 8.24. The molecule has 0 aromatic heterocycles. The van der Waals surface area contributed by atoms with Crippen LogP contribution in [-0.2, 0) is 0 Å². The van der Waals surface area contributed by atoms with Gasteiger partial charge >= 0.3 is 0 Å². The van der Waals surface area contributed by atoms with E-state index in [0.717, 1.165) is 11.5 Å². The van der Waals surface area contributed by atoms with E-state index in [4.69, 9.17) is 9.47 Å². The molecule has 1 atom stereocenters. The van der Waals surface area contributed by atoms with E-state index in [2.05, 4.69) is 24.1 Å². The zero-order valence-electron chi connectivity index (χ0n) is 10.5. The maximum absolute atomic E-state index is 5.78. The summed E-state index contributed by atoms with van der Waals surface area (Å²) in [6, 6.07) is 6.27. The van der Waals surface area contributed by atoms with Crippen LogP contribution in [0, 0.1) is 0 Å². The molecule has 0 amide bonds. The summed E-state index contributed by atoms with van der Waals surface area (Å²) in [6.07, 6.45) is 2.28. The van der Waals surface area contributed by atoms with Crippen LogP contribution in [0.25, 0.3) is 0 Å². The minimum atomic E-state index is -0.141. The molecule has 0 radical (unpaired) electrons. The van der Waals surface area contributed by atoms with Gasteiger partial charge in [0.15, 0.2) is 11.5 Å². The smallest absolute Gasteiger partial charge is 0.238 e. The van der Waals surface area contributed by atoms with E-state index in [9.17, 15) is 0 Å². The first-order valence-corrected chi connectivity index (χ1v) is 6.39. The number of hydrogen-bond acceptors (Lipinski definition) is 3. The third kappa shape index (κ3) is 2.00. The minimum Gasteiger partial charge on any atom is -0.451 e. The fourth-order valence-corrected chi connectivity index (χ4v) is 2.76. The number of para-hydroxylation sites is 1. The summed E-state index contributed by atoms with van der Waals surface area (Å²) in [5, 5.41) is 0. The normalized spacial score (nSPS) is 25.2. The highest BCUT2D eigenvalue weighted by atomic mass is 16.7. The molecule has 1 aromatic rings. The summed E-state index contributed by atoms with van der Waals surface area (Å²) < 4.78 is 11.4. The van der Waals surface area contributed by atoms with E-state index in [1.807, 2.05) is 13.0 Å². The van der Waals surface area contributed by atoms with Crippen LogP contribution in [0.3, 0.4) is 0 Å². The van der Waals surface area contributed by atoms with Crippen molar-refractivity contribution in [3.05, 3.63) is 23.8 Å². The molecule has 1 aromatic carbocycles. The molecule has 17 heavy (non-hydrogen) atoms. The second-order valence-corrected chi connectivity index (χ2v) is 5.06. The van der Waals surface area contributed by atoms with Gasteiger partial charge in [-0.05, 0) is 45.0 Å². The second kappa shape index (κ2) is 4.22. The number of fused-ring (bicyclic) bond motifs is 1. The molecule has 0 saturated carbocycles. The van der Waals surface area contributed by atoms with Crippen molar-refractivity contribution in [1.82, 2.24) is 4.90 Å². The number of benzene rings is 1. The lowest BCUT2D eigenvalue weighted by molar-refractivity contribution is 0.0669. The predicted molar refractivity (Wildman–Crippen MR) is 66.6 cm³/mol. The number of hydrogen-bond donors (Lipinski definition) is 0. The molecule has 92 valence electrons. The maximum Gasteiger partial charge on any atom is 0.238 e. The molecule has 3 rings (SSSR count). The van der Waals surface area contributed by atoms with Gasteiger partial charge in [0.2, 0.25) is 6.29 Å². The fraction of sp³-hybridized carbons (Fsp3) is 0.571. The third-order valence-electron chi connectivity index (χ3n) is 3.74. The molecular weight excluding hydrogens is 214 g/mol. The van der Waals surface area contributed by atoms with Gasteiger partial charge in [0, 0.05) is 12.5 Å². The Bertz CT molecular complexity index is 411. The van der Waals surface area contributed by atoms with Gasteiger partial charge in [-0.1, -0.05) is 12.1 Å². The molecule has 0 spiro atoms. The van der Waals surface area contributed by atoms with Crippen molar-refractivity contribution in [2.75, 3.05) is 20.1 Å². The topological polar surface area (TPSA) is 21.7 Å². The highest BCUT2D eigenvalue weighted by Gasteiger charge is 2.28. The monoisotopic (exact) mass is 233 g/mol. The molecule has 0 N–H and O–H groups in total. The van der Waals surface area contributed by atoms with Crippen molar-refractivity contribution in [3.8, 4) is 11.5 Å². The Hall–Kier alpha value is -1.22. The molecule has 2 heterocycles. The first-order valence-electron chi connectivity index (χ1n) is 6.39. The Morgan fingerprint density at radius 1 is 1.18 bits per heavy atom. The lowest BCUT2D eigenvalue weighted by Crippen LogP contribution is -2.29. The summed E-state index contributed by atoms with van der Waals surface area (Å²) in [5.74, 6) is 2.51. The Balaban J connectivity index is 1.87. The number of nitrogens with zero attached hydrogens (tertiary/aromatic N) is 1. The van der Waals surface area contributed by atoms with Gasteiger partial charge in [-0.2, -0.15) is 0 Å². The average Bonchev–Trinajstić information content (AvgIpc) is 2.70. The van der Waals surface area contributed by atoms with Gasteiger partial charge in [0.05, 0.1) is 0 Å². The van der Waals surface area contributed by atoms with Gasteiger partial charge < -0.3 is 14.4 Å². The van der Waals surface area contributed by atoms with Crippen molar-refractivity contribution in [2.24, 2.45) is 0 Å². The van der Waals surface area contributed by atoms with E-state index in [-0.39, 0.29) is 6.29 Å².